The van der Waals surface area contributed by atoms with Crippen molar-refractivity contribution in [2.75, 3.05) is 33.9 Å². The van der Waals surface area contributed by atoms with Crippen LogP contribution in [0.4, 0.5) is 40.3 Å². The Kier molecular flexibility index (Phi) is 7.73. The Morgan fingerprint density at radius 1 is 0.806 bits per heavy atom. The average Bonchev–Trinajstić information content (AvgIpc) is 2.85. The molecule has 3 N–H and O–H groups in total. The van der Waals surface area contributed by atoms with Gasteiger partial charge in [-0.05, 0) is 86.1 Å². The fourth-order valence-corrected chi connectivity index (χ4v) is 4.19. The van der Waals surface area contributed by atoms with Crippen molar-refractivity contribution in [2.24, 2.45) is 0 Å². The van der Waals surface area contributed by atoms with Crippen molar-refractivity contribution in [3.63, 3.8) is 0 Å². The normalized spacial score (nSPS) is 13.7. The molecule has 0 bridgehead atoms. The zero-order valence-corrected chi connectivity index (χ0v) is 20.0. The molecule has 0 atom stereocenters. The van der Waals surface area contributed by atoms with Gasteiger partial charge in [0.25, 0.3) is 5.91 Å². The number of thiocarbonyl (C=S) groups is 1. The van der Waals surface area contributed by atoms with Crippen LogP contribution in [0.3, 0.4) is 0 Å². The molecule has 1 heterocycles. The molecular formula is C26H24F4N4OS. The third kappa shape index (κ3) is 6.51. The minimum Gasteiger partial charge on any atom is -0.371 e. The number of anilines is 4. The van der Waals surface area contributed by atoms with E-state index >= 15 is 0 Å². The highest BCUT2D eigenvalue weighted by Crippen LogP contribution is 2.35. The second kappa shape index (κ2) is 10.9. The minimum absolute atomic E-state index is 0.0740. The highest BCUT2D eigenvalue weighted by molar-refractivity contribution is 7.80. The molecule has 36 heavy (non-hydrogen) atoms. The van der Waals surface area contributed by atoms with Crippen LogP contribution in [0.5, 0.6) is 0 Å². The summed E-state index contributed by atoms with van der Waals surface area (Å²) in [6.45, 7) is 1.42. The first-order valence-corrected chi connectivity index (χ1v) is 11.8. The van der Waals surface area contributed by atoms with Crippen molar-refractivity contribution in [2.45, 2.75) is 25.4 Å². The molecule has 1 amide bonds. The molecule has 188 valence electrons. The Morgan fingerprint density at radius 2 is 1.42 bits per heavy atom. The molecule has 3 aromatic carbocycles. The van der Waals surface area contributed by atoms with Crippen LogP contribution in [0, 0.1) is 5.82 Å². The maximum Gasteiger partial charge on any atom is 0.416 e. The summed E-state index contributed by atoms with van der Waals surface area (Å²) in [4.78, 5) is 14.2. The van der Waals surface area contributed by atoms with Gasteiger partial charge in [0.15, 0.2) is 5.11 Å². The van der Waals surface area contributed by atoms with Crippen LogP contribution in [-0.4, -0.2) is 24.1 Å². The van der Waals surface area contributed by atoms with Crippen LogP contribution >= 0.6 is 12.2 Å². The molecule has 0 unspecified atom stereocenters. The molecule has 4 rings (SSSR count). The van der Waals surface area contributed by atoms with E-state index < -0.39 is 23.5 Å². The van der Waals surface area contributed by atoms with Crippen molar-refractivity contribution >= 4 is 46.0 Å². The van der Waals surface area contributed by atoms with Gasteiger partial charge < -0.3 is 20.9 Å². The zero-order chi connectivity index (χ0) is 25.7. The smallest absolute Gasteiger partial charge is 0.371 e. The van der Waals surface area contributed by atoms with Gasteiger partial charge in [-0.2, -0.15) is 13.2 Å². The van der Waals surface area contributed by atoms with Gasteiger partial charge in [-0.3, -0.25) is 4.79 Å². The maximum absolute atomic E-state index is 13.8. The van der Waals surface area contributed by atoms with Crippen LogP contribution in [0.25, 0.3) is 0 Å². The number of piperidine rings is 1. The molecule has 3 aromatic rings. The molecule has 0 radical (unpaired) electrons. The van der Waals surface area contributed by atoms with Crippen LogP contribution in [0.2, 0.25) is 0 Å². The summed E-state index contributed by atoms with van der Waals surface area (Å²) in [6.07, 6.45) is -1.54. The lowest BCUT2D eigenvalue weighted by Crippen LogP contribution is -2.30. The van der Waals surface area contributed by atoms with E-state index in [4.69, 9.17) is 12.2 Å². The monoisotopic (exact) mass is 516 g/mol. The van der Waals surface area contributed by atoms with Gasteiger partial charge >= 0.3 is 6.18 Å². The third-order valence-corrected chi connectivity index (χ3v) is 5.95. The summed E-state index contributed by atoms with van der Waals surface area (Å²) in [5.41, 5.74) is 0.915. The van der Waals surface area contributed by atoms with E-state index in [0.717, 1.165) is 25.3 Å². The van der Waals surface area contributed by atoms with E-state index in [1.165, 1.54) is 24.3 Å². The zero-order valence-electron chi connectivity index (χ0n) is 19.2. The van der Waals surface area contributed by atoms with Crippen molar-refractivity contribution in [3.05, 3.63) is 83.7 Å². The van der Waals surface area contributed by atoms with E-state index in [1.54, 1.807) is 36.4 Å². The molecule has 1 saturated heterocycles. The first-order valence-electron chi connectivity index (χ1n) is 11.4. The molecule has 1 fully saturated rings. The maximum atomic E-state index is 13.8. The number of amides is 1. The summed E-state index contributed by atoms with van der Waals surface area (Å²) in [7, 11) is 0. The fourth-order valence-electron chi connectivity index (χ4n) is 3.96. The second-order valence-electron chi connectivity index (χ2n) is 8.40. The quantitative estimate of drug-likeness (QED) is 0.255. The number of hydrogen-bond donors (Lipinski definition) is 3. The average molecular weight is 517 g/mol. The molecular weight excluding hydrogens is 492 g/mol. The number of carbonyl (C=O) groups excluding carboxylic acids is 1. The van der Waals surface area contributed by atoms with Crippen LogP contribution in [-0.2, 0) is 6.18 Å². The molecule has 0 saturated carbocycles. The predicted molar refractivity (Wildman–Crippen MR) is 138 cm³/mol. The van der Waals surface area contributed by atoms with E-state index in [1.807, 2.05) is 4.90 Å². The first-order chi connectivity index (χ1) is 17.2. The summed E-state index contributed by atoms with van der Waals surface area (Å²) in [5.74, 6) is -1.21. The van der Waals surface area contributed by atoms with E-state index in [2.05, 4.69) is 16.0 Å². The molecule has 0 spiro atoms. The van der Waals surface area contributed by atoms with E-state index in [0.29, 0.717) is 30.2 Å². The number of benzene rings is 3. The number of rotatable bonds is 5. The standard InChI is InChI=1S/C26H24F4N4OS/c27-23-7-3-2-6-22(23)24(35)31-18-8-10-19(11-9-18)32-25(36)33-20-14-17(26(28,29)30)15-21(16-20)34-12-4-1-5-13-34/h2-3,6-11,14-16H,1,4-5,12-13H2,(H,31,35)(H2,32,33,36). The SMILES string of the molecule is O=C(Nc1ccc(NC(=S)Nc2cc(N3CCCCC3)cc(C(F)(F)F)c2)cc1)c1ccccc1F. The number of carbonyl (C=O) groups is 1. The first kappa shape index (κ1) is 25.4. The molecule has 10 heteroatoms. The van der Waals surface area contributed by atoms with Crippen LogP contribution < -0.4 is 20.9 Å². The van der Waals surface area contributed by atoms with Crippen LogP contribution in [0.1, 0.15) is 35.2 Å². The predicted octanol–water partition coefficient (Wildman–Crippen LogP) is 6.90. The van der Waals surface area contributed by atoms with Gasteiger partial charge in [0.05, 0.1) is 11.1 Å². The Labute approximate surface area is 211 Å². The molecule has 0 aromatic heterocycles. The number of nitrogens with one attached hydrogen (secondary N) is 3. The van der Waals surface area contributed by atoms with Crippen molar-refractivity contribution in [1.29, 1.82) is 0 Å². The summed E-state index contributed by atoms with van der Waals surface area (Å²) in [5, 5.41) is 8.48. The topological polar surface area (TPSA) is 56.4 Å². The van der Waals surface area contributed by atoms with Gasteiger partial charge in [-0.15, -0.1) is 0 Å². The number of alkyl halides is 3. The van der Waals surface area contributed by atoms with E-state index in [-0.39, 0.29) is 16.4 Å². The molecule has 5 nitrogen and oxygen atoms in total. The van der Waals surface area contributed by atoms with Crippen molar-refractivity contribution < 1.29 is 22.4 Å². The Morgan fingerprint density at radius 3 is 2.06 bits per heavy atom. The number of nitrogens with zero attached hydrogens (tertiary/aromatic N) is 1. The van der Waals surface area contributed by atoms with Gasteiger partial charge in [0.1, 0.15) is 5.82 Å². The van der Waals surface area contributed by atoms with Gasteiger partial charge in [-0.1, -0.05) is 12.1 Å². The lowest BCUT2D eigenvalue weighted by Gasteiger charge is -2.30. The highest BCUT2D eigenvalue weighted by Gasteiger charge is 2.32. The second-order valence-corrected chi connectivity index (χ2v) is 8.81. The molecule has 0 aliphatic carbocycles. The summed E-state index contributed by atoms with van der Waals surface area (Å²) >= 11 is 5.31. The number of halogens is 4. The highest BCUT2D eigenvalue weighted by atomic mass is 32.1. The van der Waals surface area contributed by atoms with Gasteiger partial charge in [-0.25, -0.2) is 4.39 Å². The van der Waals surface area contributed by atoms with Crippen LogP contribution in [0.15, 0.2) is 66.7 Å². The largest absolute Gasteiger partial charge is 0.416 e. The molecule has 1 aliphatic heterocycles. The number of hydrogen-bond acceptors (Lipinski definition) is 3. The third-order valence-electron chi connectivity index (χ3n) is 5.74. The van der Waals surface area contributed by atoms with Gasteiger partial charge in [0.2, 0.25) is 0 Å². The molecule has 1 aliphatic rings. The summed E-state index contributed by atoms with van der Waals surface area (Å²) < 4.78 is 54.3. The lowest BCUT2D eigenvalue weighted by molar-refractivity contribution is -0.137. The van der Waals surface area contributed by atoms with Crippen molar-refractivity contribution in [3.8, 4) is 0 Å². The fraction of sp³-hybridized carbons (Fsp3) is 0.231. The lowest BCUT2D eigenvalue weighted by atomic mass is 10.1. The van der Waals surface area contributed by atoms with Crippen molar-refractivity contribution in [1.82, 2.24) is 0 Å². The van der Waals surface area contributed by atoms with Gasteiger partial charge in [0, 0.05) is 35.8 Å². The summed E-state index contributed by atoms with van der Waals surface area (Å²) in [6, 6.07) is 16.0. The Hall–Kier alpha value is -3.66. The minimum atomic E-state index is -4.49. The Balaban J connectivity index is 1.42. The Bertz CT molecular complexity index is 1240. The van der Waals surface area contributed by atoms with E-state index in [9.17, 15) is 22.4 Å².